The fraction of sp³-hybridized carbons (Fsp3) is 0.333. The smallest absolute Gasteiger partial charge is 0.273 e. The average Bonchev–Trinajstić information content (AvgIpc) is 3.17. The van der Waals surface area contributed by atoms with Gasteiger partial charge in [0.1, 0.15) is 11.5 Å². The number of nitrogens with one attached hydrogen (secondary N) is 2. The third kappa shape index (κ3) is 2.24. The zero-order chi connectivity index (χ0) is 17.0. The number of benzene rings is 1. The summed E-state index contributed by atoms with van der Waals surface area (Å²) < 4.78 is 1.77. The van der Waals surface area contributed by atoms with Crippen LogP contribution in [-0.2, 0) is 18.6 Å². The lowest BCUT2D eigenvalue weighted by Gasteiger charge is -2.07. The van der Waals surface area contributed by atoms with E-state index in [9.17, 15) is 4.79 Å². The number of thioether (sulfide) groups is 1. The average molecular weight is 340 g/mol. The summed E-state index contributed by atoms with van der Waals surface area (Å²) in [6, 6.07) is 4.26. The molecule has 0 aliphatic carbocycles. The zero-order valence-corrected chi connectivity index (χ0v) is 15.1. The molecule has 1 aliphatic rings. The number of rotatable bonds is 2. The van der Waals surface area contributed by atoms with Gasteiger partial charge in [0.2, 0.25) is 0 Å². The van der Waals surface area contributed by atoms with Gasteiger partial charge in [-0.15, -0.1) is 0 Å². The highest BCUT2D eigenvalue weighted by atomic mass is 32.2. The molecule has 2 aromatic heterocycles. The molecule has 2 N–H and O–H groups in total. The van der Waals surface area contributed by atoms with Crippen molar-refractivity contribution in [2.45, 2.75) is 32.3 Å². The van der Waals surface area contributed by atoms with Crippen LogP contribution in [0.2, 0.25) is 0 Å². The first-order chi connectivity index (χ1) is 11.5. The van der Waals surface area contributed by atoms with Gasteiger partial charge in [0.25, 0.3) is 5.91 Å². The maximum absolute atomic E-state index is 12.9. The molecule has 0 bridgehead atoms. The molecule has 6 heteroatoms. The molecule has 0 unspecified atom stereocenters. The Labute approximate surface area is 144 Å². The second kappa shape index (κ2) is 5.41. The number of anilines is 1. The highest BCUT2D eigenvalue weighted by Crippen LogP contribution is 2.34. The minimum Gasteiger partial charge on any atom is -0.350 e. The van der Waals surface area contributed by atoms with E-state index in [1.54, 1.807) is 4.68 Å². The molecule has 3 aromatic rings. The molecule has 4 rings (SSSR count). The third-order valence-electron chi connectivity index (χ3n) is 4.68. The number of nitrogens with zero attached hydrogens (tertiary/aromatic N) is 2. The minimum absolute atomic E-state index is 0.108. The predicted molar refractivity (Wildman–Crippen MR) is 98.7 cm³/mol. The van der Waals surface area contributed by atoms with Crippen LogP contribution in [0.15, 0.2) is 12.1 Å². The number of carbonyl (C=O) groups excluding carboxylic acids is 1. The summed E-state index contributed by atoms with van der Waals surface area (Å²) in [5.41, 5.74) is 7.24. The van der Waals surface area contributed by atoms with Crippen LogP contribution in [-0.4, -0.2) is 20.7 Å². The summed E-state index contributed by atoms with van der Waals surface area (Å²) in [6.07, 6.45) is 0. The molecule has 3 heterocycles. The number of H-pyrrole nitrogens is 1. The zero-order valence-electron chi connectivity index (χ0n) is 14.3. The van der Waals surface area contributed by atoms with Gasteiger partial charge in [-0.25, -0.2) is 0 Å². The van der Waals surface area contributed by atoms with Crippen molar-refractivity contribution in [2.24, 2.45) is 7.05 Å². The largest absolute Gasteiger partial charge is 0.350 e. The SMILES string of the molecule is Cc1cc(C)c2[nH]c(C(=O)Nc3c4c(nn3C)CSC4)c(C)c2c1. The number of aromatic amines is 1. The van der Waals surface area contributed by atoms with Crippen LogP contribution in [0.4, 0.5) is 5.82 Å². The van der Waals surface area contributed by atoms with E-state index >= 15 is 0 Å². The Morgan fingerprint density at radius 1 is 1.29 bits per heavy atom. The number of aryl methyl sites for hydroxylation is 4. The first-order valence-corrected chi connectivity index (χ1v) is 9.14. The van der Waals surface area contributed by atoms with Crippen LogP contribution >= 0.6 is 11.8 Å². The molecule has 124 valence electrons. The van der Waals surface area contributed by atoms with E-state index in [0.717, 1.165) is 50.6 Å². The number of aromatic nitrogens is 3. The molecular weight excluding hydrogens is 320 g/mol. The van der Waals surface area contributed by atoms with Gasteiger partial charge in [-0.2, -0.15) is 16.9 Å². The maximum atomic E-state index is 12.9. The second-order valence-corrected chi connectivity index (χ2v) is 7.46. The standard InChI is InChI=1S/C18H20N4OS/c1-9-5-10(2)15-12(6-9)11(3)16(19-15)18(23)20-17-13-7-24-8-14(13)21-22(17)4/h5-6,19H,7-8H2,1-4H3,(H,20,23). The third-order valence-corrected chi connectivity index (χ3v) is 5.65. The van der Waals surface area contributed by atoms with Crippen molar-refractivity contribution < 1.29 is 4.79 Å². The van der Waals surface area contributed by atoms with E-state index < -0.39 is 0 Å². The predicted octanol–water partition coefficient (Wildman–Crippen LogP) is 3.83. The van der Waals surface area contributed by atoms with Crippen molar-refractivity contribution in [3.63, 3.8) is 0 Å². The van der Waals surface area contributed by atoms with E-state index in [4.69, 9.17) is 0 Å². The van der Waals surface area contributed by atoms with E-state index in [2.05, 4.69) is 41.4 Å². The summed E-state index contributed by atoms with van der Waals surface area (Å²) in [4.78, 5) is 16.2. The topological polar surface area (TPSA) is 62.7 Å². The number of amides is 1. The minimum atomic E-state index is -0.108. The first-order valence-electron chi connectivity index (χ1n) is 7.99. The van der Waals surface area contributed by atoms with Crippen LogP contribution in [0.25, 0.3) is 10.9 Å². The van der Waals surface area contributed by atoms with Crippen molar-refractivity contribution in [1.82, 2.24) is 14.8 Å². The van der Waals surface area contributed by atoms with E-state index in [-0.39, 0.29) is 5.91 Å². The molecule has 0 saturated carbocycles. The molecular formula is C18H20N4OS. The van der Waals surface area contributed by atoms with Crippen LogP contribution in [0.5, 0.6) is 0 Å². The highest BCUT2D eigenvalue weighted by Gasteiger charge is 2.24. The van der Waals surface area contributed by atoms with Crippen molar-refractivity contribution in [3.8, 4) is 0 Å². The molecule has 1 aromatic carbocycles. The summed E-state index contributed by atoms with van der Waals surface area (Å²) in [6.45, 7) is 6.14. The van der Waals surface area contributed by atoms with E-state index in [1.807, 2.05) is 25.7 Å². The molecule has 0 radical (unpaired) electrons. The Morgan fingerprint density at radius 2 is 2.08 bits per heavy atom. The Kier molecular flexibility index (Phi) is 3.46. The lowest BCUT2D eigenvalue weighted by Crippen LogP contribution is -2.17. The lowest BCUT2D eigenvalue weighted by molar-refractivity contribution is 0.102. The van der Waals surface area contributed by atoms with E-state index in [1.165, 1.54) is 5.56 Å². The molecule has 1 aliphatic heterocycles. The quantitative estimate of drug-likeness (QED) is 0.745. The van der Waals surface area contributed by atoms with Crippen LogP contribution in [0.3, 0.4) is 0 Å². The van der Waals surface area contributed by atoms with Crippen LogP contribution in [0, 0.1) is 20.8 Å². The lowest BCUT2D eigenvalue weighted by atomic mass is 10.1. The van der Waals surface area contributed by atoms with Gasteiger partial charge < -0.3 is 10.3 Å². The van der Waals surface area contributed by atoms with Crippen molar-refractivity contribution in [1.29, 1.82) is 0 Å². The summed E-state index contributed by atoms with van der Waals surface area (Å²) in [5, 5.41) is 8.67. The molecule has 24 heavy (non-hydrogen) atoms. The maximum Gasteiger partial charge on any atom is 0.273 e. The number of hydrogen-bond donors (Lipinski definition) is 2. The van der Waals surface area contributed by atoms with Crippen LogP contribution in [0.1, 0.15) is 38.4 Å². The van der Waals surface area contributed by atoms with Gasteiger partial charge in [0.15, 0.2) is 0 Å². The van der Waals surface area contributed by atoms with Gasteiger partial charge in [-0.05, 0) is 38.0 Å². The summed E-state index contributed by atoms with van der Waals surface area (Å²) in [7, 11) is 1.88. The van der Waals surface area contributed by atoms with Gasteiger partial charge in [-0.3, -0.25) is 9.48 Å². The molecule has 0 atom stereocenters. The van der Waals surface area contributed by atoms with Gasteiger partial charge in [0.05, 0.1) is 5.69 Å². The Bertz CT molecular complexity index is 983. The molecule has 1 amide bonds. The fourth-order valence-electron chi connectivity index (χ4n) is 3.48. The van der Waals surface area contributed by atoms with Crippen molar-refractivity contribution >= 4 is 34.4 Å². The number of fused-ring (bicyclic) bond motifs is 2. The normalized spacial score (nSPS) is 13.5. The summed E-state index contributed by atoms with van der Waals surface area (Å²) >= 11 is 1.83. The number of carbonyl (C=O) groups is 1. The van der Waals surface area contributed by atoms with E-state index in [0.29, 0.717) is 5.69 Å². The molecule has 0 fully saturated rings. The Morgan fingerprint density at radius 3 is 2.88 bits per heavy atom. The fourth-order valence-corrected chi connectivity index (χ4v) is 4.51. The van der Waals surface area contributed by atoms with Crippen molar-refractivity contribution in [2.75, 3.05) is 5.32 Å². The summed E-state index contributed by atoms with van der Waals surface area (Å²) in [5.74, 6) is 2.53. The molecule has 0 saturated heterocycles. The Balaban J connectivity index is 1.74. The molecule has 5 nitrogen and oxygen atoms in total. The number of hydrogen-bond acceptors (Lipinski definition) is 3. The second-order valence-electron chi connectivity index (χ2n) is 6.47. The van der Waals surface area contributed by atoms with Crippen LogP contribution < -0.4 is 5.32 Å². The van der Waals surface area contributed by atoms with Gasteiger partial charge >= 0.3 is 0 Å². The van der Waals surface area contributed by atoms with Gasteiger partial charge in [0, 0.05) is 35.0 Å². The monoisotopic (exact) mass is 340 g/mol. The van der Waals surface area contributed by atoms with Crippen molar-refractivity contribution in [3.05, 3.63) is 45.8 Å². The first kappa shape index (κ1) is 15.3. The molecule has 0 spiro atoms. The highest BCUT2D eigenvalue weighted by molar-refractivity contribution is 7.98. The Hall–Kier alpha value is -2.21. The van der Waals surface area contributed by atoms with Gasteiger partial charge in [-0.1, -0.05) is 11.6 Å².